The number of aromatic nitrogens is 2. The average Bonchev–Trinajstić information content (AvgIpc) is 2.73. The van der Waals surface area contributed by atoms with Crippen molar-refractivity contribution < 1.29 is 4.39 Å². The molecule has 4 nitrogen and oxygen atoms in total. The predicted octanol–water partition coefficient (Wildman–Crippen LogP) is 2.04. The zero-order valence-electron chi connectivity index (χ0n) is 9.31. The summed E-state index contributed by atoms with van der Waals surface area (Å²) in [6, 6.07) is 6.05. The lowest BCUT2D eigenvalue weighted by atomic mass is 10.2. The molecule has 17 heavy (non-hydrogen) atoms. The normalized spacial score (nSPS) is 9.94. The first-order valence-corrected chi connectivity index (χ1v) is 5.10. The van der Waals surface area contributed by atoms with Crippen LogP contribution in [0, 0.1) is 17.1 Å². The van der Waals surface area contributed by atoms with E-state index in [0.717, 1.165) is 5.56 Å². The van der Waals surface area contributed by atoms with Crippen molar-refractivity contribution in [1.82, 2.24) is 9.78 Å². The molecule has 1 N–H and O–H groups in total. The van der Waals surface area contributed by atoms with Gasteiger partial charge >= 0.3 is 0 Å². The van der Waals surface area contributed by atoms with Gasteiger partial charge in [0.15, 0.2) is 0 Å². The third kappa shape index (κ3) is 2.61. The summed E-state index contributed by atoms with van der Waals surface area (Å²) in [5.74, 6) is -0.409. The molecule has 1 heterocycles. The van der Waals surface area contributed by atoms with Gasteiger partial charge in [0.25, 0.3) is 0 Å². The van der Waals surface area contributed by atoms with Crippen LogP contribution in [-0.2, 0) is 13.6 Å². The summed E-state index contributed by atoms with van der Waals surface area (Å²) in [5.41, 5.74) is 1.92. The Labute approximate surface area is 98.3 Å². The number of anilines is 1. The first-order valence-electron chi connectivity index (χ1n) is 5.10. The molecule has 0 saturated heterocycles. The second-order valence-corrected chi connectivity index (χ2v) is 3.68. The SMILES string of the molecule is Cn1cc(CNc2ccc(F)cc2C#N)cn1. The molecule has 0 radical (unpaired) electrons. The third-order valence-corrected chi connectivity index (χ3v) is 2.34. The predicted molar refractivity (Wildman–Crippen MR) is 61.6 cm³/mol. The molecule has 1 aromatic heterocycles. The number of hydrogen-bond donors (Lipinski definition) is 1. The van der Waals surface area contributed by atoms with Gasteiger partial charge in [0, 0.05) is 25.4 Å². The van der Waals surface area contributed by atoms with E-state index >= 15 is 0 Å². The maximum atomic E-state index is 12.9. The van der Waals surface area contributed by atoms with Crippen LogP contribution in [0.15, 0.2) is 30.6 Å². The van der Waals surface area contributed by atoms with E-state index in [0.29, 0.717) is 17.8 Å². The van der Waals surface area contributed by atoms with Crippen LogP contribution in [0.3, 0.4) is 0 Å². The van der Waals surface area contributed by atoms with Gasteiger partial charge in [-0.1, -0.05) is 0 Å². The van der Waals surface area contributed by atoms with Gasteiger partial charge < -0.3 is 5.32 Å². The van der Waals surface area contributed by atoms with Crippen LogP contribution >= 0.6 is 0 Å². The van der Waals surface area contributed by atoms with Crippen LogP contribution in [0.25, 0.3) is 0 Å². The second-order valence-electron chi connectivity index (χ2n) is 3.68. The van der Waals surface area contributed by atoms with Gasteiger partial charge in [-0.3, -0.25) is 4.68 Å². The van der Waals surface area contributed by atoms with E-state index in [2.05, 4.69) is 10.4 Å². The van der Waals surface area contributed by atoms with Crippen molar-refractivity contribution >= 4 is 5.69 Å². The van der Waals surface area contributed by atoms with E-state index in [9.17, 15) is 4.39 Å². The summed E-state index contributed by atoms with van der Waals surface area (Å²) in [7, 11) is 1.84. The van der Waals surface area contributed by atoms with Crippen molar-refractivity contribution in [1.29, 1.82) is 5.26 Å². The van der Waals surface area contributed by atoms with Crippen molar-refractivity contribution in [3.05, 3.63) is 47.5 Å². The molecule has 0 atom stereocenters. The molecule has 0 aliphatic carbocycles. The number of aryl methyl sites for hydroxylation is 1. The zero-order chi connectivity index (χ0) is 12.3. The Morgan fingerprint density at radius 3 is 3.00 bits per heavy atom. The molecule has 2 aromatic rings. The van der Waals surface area contributed by atoms with Crippen LogP contribution < -0.4 is 5.32 Å². The molecular formula is C12H11FN4. The second kappa shape index (κ2) is 4.66. The Kier molecular flexibility index (Phi) is 3.06. The zero-order valence-corrected chi connectivity index (χ0v) is 9.31. The minimum absolute atomic E-state index is 0.300. The molecule has 0 spiro atoms. The van der Waals surface area contributed by atoms with E-state index in [4.69, 9.17) is 5.26 Å². The Morgan fingerprint density at radius 2 is 2.35 bits per heavy atom. The van der Waals surface area contributed by atoms with Crippen molar-refractivity contribution in [2.75, 3.05) is 5.32 Å². The van der Waals surface area contributed by atoms with Gasteiger partial charge in [-0.25, -0.2) is 4.39 Å². The van der Waals surface area contributed by atoms with Gasteiger partial charge in [0.05, 0.1) is 17.4 Å². The number of halogens is 1. The maximum absolute atomic E-state index is 12.9. The van der Waals surface area contributed by atoms with Crippen LogP contribution in [0.5, 0.6) is 0 Å². The molecule has 0 aliphatic rings. The number of rotatable bonds is 3. The highest BCUT2D eigenvalue weighted by Crippen LogP contribution is 2.16. The minimum atomic E-state index is -0.409. The maximum Gasteiger partial charge on any atom is 0.124 e. The average molecular weight is 230 g/mol. The summed E-state index contributed by atoms with van der Waals surface area (Å²) in [6.07, 6.45) is 3.62. The molecule has 86 valence electrons. The molecule has 5 heteroatoms. The molecule has 0 unspecified atom stereocenters. The van der Waals surface area contributed by atoms with E-state index in [1.165, 1.54) is 12.1 Å². The van der Waals surface area contributed by atoms with Crippen molar-refractivity contribution in [2.24, 2.45) is 7.05 Å². The molecule has 0 saturated carbocycles. The Hall–Kier alpha value is -2.35. The molecule has 2 rings (SSSR count). The summed E-state index contributed by atoms with van der Waals surface area (Å²) in [6.45, 7) is 0.550. The van der Waals surface area contributed by atoms with Gasteiger partial charge in [0.2, 0.25) is 0 Å². The van der Waals surface area contributed by atoms with Crippen LogP contribution in [0.2, 0.25) is 0 Å². The highest BCUT2D eigenvalue weighted by atomic mass is 19.1. The number of nitriles is 1. The van der Waals surface area contributed by atoms with Crippen molar-refractivity contribution in [3.63, 3.8) is 0 Å². The lowest BCUT2D eigenvalue weighted by Gasteiger charge is -2.06. The quantitative estimate of drug-likeness (QED) is 0.877. The molecule has 0 aliphatic heterocycles. The van der Waals surface area contributed by atoms with Crippen molar-refractivity contribution in [3.8, 4) is 6.07 Å². The molecule has 0 bridgehead atoms. The molecule has 1 aromatic carbocycles. The van der Waals surface area contributed by atoms with Gasteiger partial charge in [0.1, 0.15) is 11.9 Å². The first kappa shape index (κ1) is 11.1. The standard InChI is InChI=1S/C12H11FN4/c1-17-8-9(7-16-17)6-15-12-3-2-11(13)4-10(12)5-14/h2-4,7-8,15H,6H2,1H3. The highest BCUT2D eigenvalue weighted by molar-refractivity contribution is 5.57. The number of nitrogens with one attached hydrogen (secondary N) is 1. The smallest absolute Gasteiger partial charge is 0.124 e. The van der Waals surface area contributed by atoms with Gasteiger partial charge in [-0.05, 0) is 18.2 Å². The Bertz CT molecular complexity index is 568. The van der Waals surface area contributed by atoms with Crippen LogP contribution in [0.1, 0.15) is 11.1 Å². The van der Waals surface area contributed by atoms with E-state index < -0.39 is 5.82 Å². The summed E-state index contributed by atoms with van der Waals surface area (Å²) in [5, 5.41) is 16.0. The first-order chi connectivity index (χ1) is 8.19. The topological polar surface area (TPSA) is 53.6 Å². The number of hydrogen-bond acceptors (Lipinski definition) is 3. The summed E-state index contributed by atoms with van der Waals surface area (Å²) in [4.78, 5) is 0. The largest absolute Gasteiger partial charge is 0.380 e. The third-order valence-electron chi connectivity index (χ3n) is 2.34. The summed E-state index contributed by atoms with van der Waals surface area (Å²) < 4.78 is 14.6. The highest BCUT2D eigenvalue weighted by Gasteiger charge is 2.03. The van der Waals surface area contributed by atoms with Crippen molar-refractivity contribution in [2.45, 2.75) is 6.54 Å². The number of benzene rings is 1. The van der Waals surface area contributed by atoms with Crippen LogP contribution in [0.4, 0.5) is 10.1 Å². The van der Waals surface area contributed by atoms with Crippen LogP contribution in [-0.4, -0.2) is 9.78 Å². The lowest BCUT2D eigenvalue weighted by molar-refractivity contribution is 0.627. The fourth-order valence-corrected chi connectivity index (χ4v) is 1.52. The fraction of sp³-hybridized carbons (Fsp3) is 0.167. The van der Waals surface area contributed by atoms with E-state index in [-0.39, 0.29) is 0 Å². The fourth-order valence-electron chi connectivity index (χ4n) is 1.52. The van der Waals surface area contributed by atoms with Gasteiger partial charge in [-0.15, -0.1) is 0 Å². The minimum Gasteiger partial charge on any atom is -0.380 e. The van der Waals surface area contributed by atoms with E-state index in [1.54, 1.807) is 16.9 Å². The summed E-state index contributed by atoms with van der Waals surface area (Å²) >= 11 is 0. The Balaban J connectivity index is 2.12. The van der Waals surface area contributed by atoms with E-state index in [1.807, 2.05) is 19.3 Å². The lowest BCUT2D eigenvalue weighted by Crippen LogP contribution is -2.00. The monoisotopic (exact) mass is 230 g/mol. The van der Waals surface area contributed by atoms with Gasteiger partial charge in [-0.2, -0.15) is 10.4 Å². The Morgan fingerprint density at radius 1 is 1.53 bits per heavy atom. The number of nitrogens with zero attached hydrogens (tertiary/aromatic N) is 3. The molecule has 0 fully saturated rings. The molecule has 0 amide bonds. The molecular weight excluding hydrogens is 219 g/mol.